The van der Waals surface area contributed by atoms with Crippen molar-refractivity contribution in [3.05, 3.63) is 47.0 Å². The molecular formula is C13H11ClF2N2O. The quantitative estimate of drug-likeness (QED) is 0.839. The van der Waals surface area contributed by atoms with Crippen molar-refractivity contribution in [1.29, 1.82) is 0 Å². The normalized spacial score (nSPS) is 10.3. The van der Waals surface area contributed by atoms with Gasteiger partial charge in [-0.2, -0.15) is 0 Å². The Bertz CT molecular complexity index is 597. The number of hydrogen-bond donors (Lipinski definition) is 2. The Hall–Kier alpha value is -2.01. The Morgan fingerprint density at radius 3 is 2.58 bits per heavy atom. The van der Waals surface area contributed by atoms with Crippen LogP contribution in [-0.2, 0) is 0 Å². The summed E-state index contributed by atoms with van der Waals surface area (Å²) in [5.41, 5.74) is 6.65. The molecule has 0 aromatic heterocycles. The predicted octanol–water partition coefficient (Wildman–Crippen LogP) is 3.95. The molecule has 0 unspecified atom stereocenters. The molecule has 2 rings (SSSR count). The summed E-state index contributed by atoms with van der Waals surface area (Å²) in [5, 5.41) is 2.71. The molecule has 2 aromatic carbocycles. The summed E-state index contributed by atoms with van der Waals surface area (Å²) in [6.07, 6.45) is 0. The van der Waals surface area contributed by atoms with E-state index in [4.69, 9.17) is 22.1 Å². The van der Waals surface area contributed by atoms with E-state index < -0.39 is 11.6 Å². The second-order valence-corrected chi connectivity index (χ2v) is 4.23. The van der Waals surface area contributed by atoms with Crippen LogP contribution in [-0.4, -0.2) is 7.11 Å². The minimum atomic E-state index is -0.777. The number of methoxy groups -OCH3 is 1. The first-order valence-electron chi connectivity index (χ1n) is 5.36. The van der Waals surface area contributed by atoms with Crippen LogP contribution in [0.2, 0.25) is 5.02 Å². The van der Waals surface area contributed by atoms with Crippen molar-refractivity contribution < 1.29 is 13.5 Å². The molecule has 3 N–H and O–H groups in total. The van der Waals surface area contributed by atoms with Gasteiger partial charge in [-0.25, -0.2) is 8.78 Å². The van der Waals surface area contributed by atoms with Gasteiger partial charge < -0.3 is 15.8 Å². The Balaban J connectivity index is 2.36. The monoisotopic (exact) mass is 284 g/mol. The second-order valence-electron chi connectivity index (χ2n) is 3.83. The molecule has 0 amide bonds. The first-order valence-corrected chi connectivity index (χ1v) is 5.74. The Morgan fingerprint density at radius 1 is 1.21 bits per heavy atom. The van der Waals surface area contributed by atoms with Crippen molar-refractivity contribution in [3.63, 3.8) is 0 Å². The minimum Gasteiger partial charge on any atom is -0.495 e. The number of nitrogens with two attached hydrogens (primary N) is 1. The van der Waals surface area contributed by atoms with Crippen molar-refractivity contribution >= 4 is 28.7 Å². The van der Waals surface area contributed by atoms with E-state index in [-0.39, 0.29) is 10.7 Å². The molecule has 0 aliphatic carbocycles. The fourth-order valence-electron chi connectivity index (χ4n) is 1.59. The van der Waals surface area contributed by atoms with Crippen LogP contribution >= 0.6 is 11.6 Å². The van der Waals surface area contributed by atoms with Gasteiger partial charge in [-0.05, 0) is 18.2 Å². The molecule has 0 saturated heterocycles. The lowest BCUT2D eigenvalue weighted by Gasteiger charge is -2.12. The van der Waals surface area contributed by atoms with Crippen LogP contribution in [0.4, 0.5) is 25.8 Å². The third kappa shape index (κ3) is 2.88. The Kier molecular flexibility index (Phi) is 3.76. The van der Waals surface area contributed by atoms with Gasteiger partial charge in [0.15, 0.2) is 5.82 Å². The van der Waals surface area contributed by atoms with Crippen molar-refractivity contribution in [2.24, 2.45) is 0 Å². The predicted molar refractivity (Wildman–Crippen MR) is 72.1 cm³/mol. The maximum Gasteiger partial charge on any atom is 0.151 e. The number of ether oxygens (including phenoxy) is 1. The summed E-state index contributed by atoms with van der Waals surface area (Å²) >= 11 is 5.79. The van der Waals surface area contributed by atoms with Gasteiger partial charge in [0.2, 0.25) is 0 Å². The van der Waals surface area contributed by atoms with Gasteiger partial charge >= 0.3 is 0 Å². The zero-order chi connectivity index (χ0) is 14.0. The molecule has 100 valence electrons. The summed E-state index contributed by atoms with van der Waals surface area (Å²) < 4.78 is 31.6. The molecule has 0 atom stereocenters. The first-order chi connectivity index (χ1) is 9.01. The van der Waals surface area contributed by atoms with Crippen LogP contribution in [0.1, 0.15) is 0 Å². The van der Waals surface area contributed by atoms with Crippen LogP contribution in [0, 0.1) is 11.6 Å². The Morgan fingerprint density at radius 2 is 1.95 bits per heavy atom. The van der Waals surface area contributed by atoms with E-state index in [1.165, 1.54) is 7.11 Å². The first kappa shape index (κ1) is 13.4. The molecule has 0 aliphatic rings. The van der Waals surface area contributed by atoms with Crippen LogP contribution in [0.25, 0.3) is 0 Å². The molecule has 0 saturated carbocycles. The highest BCUT2D eigenvalue weighted by Crippen LogP contribution is 2.32. The summed E-state index contributed by atoms with van der Waals surface area (Å²) in [6.45, 7) is 0. The molecule has 0 fully saturated rings. The molecule has 0 radical (unpaired) electrons. The highest BCUT2D eigenvalue weighted by molar-refractivity contribution is 6.33. The van der Waals surface area contributed by atoms with E-state index in [0.29, 0.717) is 17.1 Å². The largest absolute Gasteiger partial charge is 0.495 e. The lowest BCUT2D eigenvalue weighted by Crippen LogP contribution is -1.98. The summed E-state index contributed by atoms with van der Waals surface area (Å²) in [7, 11) is 1.47. The molecule has 0 bridgehead atoms. The van der Waals surface area contributed by atoms with Crippen LogP contribution in [0.5, 0.6) is 5.75 Å². The SMILES string of the molecule is COc1cc(Nc2c(F)cc(F)cc2Cl)ccc1N. The molecular weight excluding hydrogens is 274 g/mol. The van der Waals surface area contributed by atoms with Crippen LogP contribution in [0.15, 0.2) is 30.3 Å². The fourth-order valence-corrected chi connectivity index (χ4v) is 1.84. The van der Waals surface area contributed by atoms with E-state index in [2.05, 4.69) is 5.32 Å². The molecule has 0 aliphatic heterocycles. The number of nitrogen functional groups attached to an aromatic ring is 1. The van der Waals surface area contributed by atoms with Crippen LogP contribution in [0.3, 0.4) is 0 Å². The average Bonchev–Trinajstić information content (AvgIpc) is 2.35. The summed E-state index contributed by atoms with van der Waals surface area (Å²) in [6, 6.07) is 6.62. The highest BCUT2D eigenvalue weighted by atomic mass is 35.5. The Labute approximate surface area is 113 Å². The third-order valence-electron chi connectivity index (χ3n) is 2.51. The number of anilines is 3. The fraction of sp³-hybridized carbons (Fsp3) is 0.0769. The van der Waals surface area contributed by atoms with Gasteiger partial charge in [0.25, 0.3) is 0 Å². The molecule has 6 heteroatoms. The number of nitrogens with one attached hydrogen (secondary N) is 1. The van der Waals surface area contributed by atoms with E-state index in [9.17, 15) is 8.78 Å². The van der Waals surface area contributed by atoms with Crippen molar-refractivity contribution in [2.75, 3.05) is 18.2 Å². The average molecular weight is 285 g/mol. The van der Waals surface area contributed by atoms with Gasteiger partial charge in [-0.15, -0.1) is 0 Å². The van der Waals surface area contributed by atoms with Gasteiger partial charge in [-0.1, -0.05) is 11.6 Å². The lowest BCUT2D eigenvalue weighted by molar-refractivity contribution is 0.417. The topological polar surface area (TPSA) is 47.3 Å². The zero-order valence-electron chi connectivity index (χ0n) is 10.0. The molecule has 0 heterocycles. The molecule has 3 nitrogen and oxygen atoms in total. The zero-order valence-corrected chi connectivity index (χ0v) is 10.8. The summed E-state index contributed by atoms with van der Waals surface area (Å²) in [5.74, 6) is -1.06. The highest BCUT2D eigenvalue weighted by Gasteiger charge is 2.11. The summed E-state index contributed by atoms with van der Waals surface area (Å²) in [4.78, 5) is 0. The van der Waals surface area contributed by atoms with E-state index in [1.807, 2.05) is 0 Å². The number of rotatable bonds is 3. The van der Waals surface area contributed by atoms with Crippen LogP contribution < -0.4 is 15.8 Å². The molecule has 2 aromatic rings. The maximum absolute atomic E-state index is 13.6. The number of benzene rings is 2. The van der Waals surface area contributed by atoms with Gasteiger partial charge in [0, 0.05) is 17.8 Å². The minimum absolute atomic E-state index is 0.00473. The standard InChI is InChI=1S/C13H11ClF2N2O/c1-19-12-6-8(2-3-11(12)17)18-13-9(14)4-7(15)5-10(13)16/h2-6,18H,17H2,1H3. The number of hydrogen-bond acceptors (Lipinski definition) is 3. The lowest BCUT2D eigenvalue weighted by atomic mass is 10.2. The van der Waals surface area contributed by atoms with Gasteiger partial charge in [-0.3, -0.25) is 0 Å². The van der Waals surface area contributed by atoms with E-state index >= 15 is 0 Å². The van der Waals surface area contributed by atoms with Crippen molar-refractivity contribution in [3.8, 4) is 5.75 Å². The van der Waals surface area contributed by atoms with E-state index in [1.54, 1.807) is 18.2 Å². The molecule has 19 heavy (non-hydrogen) atoms. The smallest absolute Gasteiger partial charge is 0.151 e. The maximum atomic E-state index is 13.6. The van der Waals surface area contributed by atoms with Gasteiger partial charge in [0.1, 0.15) is 11.6 Å². The van der Waals surface area contributed by atoms with E-state index in [0.717, 1.165) is 12.1 Å². The van der Waals surface area contributed by atoms with Gasteiger partial charge in [0.05, 0.1) is 23.5 Å². The third-order valence-corrected chi connectivity index (χ3v) is 2.81. The molecule has 0 spiro atoms. The number of halogens is 3. The van der Waals surface area contributed by atoms with Crippen molar-refractivity contribution in [1.82, 2.24) is 0 Å². The van der Waals surface area contributed by atoms with Crippen molar-refractivity contribution in [2.45, 2.75) is 0 Å². The second kappa shape index (κ2) is 5.32.